The Morgan fingerprint density at radius 2 is 1.83 bits per heavy atom. The monoisotopic (exact) mass is 587 g/mol. The molecule has 216 valence electrons. The van der Waals surface area contributed by atoms with Crippen LogP contribution in [-0.2, 0) is 45.2 Å². The van der Waals surface area contributed by atoms with Gasteiger partial charge in [0.1, 0.15) is 18.5 Å². The Labute approximate surface area is 238 Å². The predicted octanol–water partition coefficient (Wildman–Crippen LogP) is 2.65. The van der Waals surface area contributed by atoms with Crippen molar-refractivity contribution >= 4 is 46.5 Å². The van der Waals surface area contributed by atoms with Crippen LogP contribution in [0.25, 0.3) is 11.2 Å². The lowest BCUT2D eigenvalue weighted by molar-refractivity contribution is -0.166. The first-order chi connectivity index (χ1) is 19.5. The summed E-state index contributed by atoms with van der Waals surface area (Å²) in [6, 6.07) is 4.96. The first-order valence-corrected chi connectivity index (χ1v) is 13.5. The number of nitrogens with zero attached hydrogens (tertiary/aromatic N) is 5. The van der Waals surface area contributed by atoms with Gasteiger partial charge in [-0.05, 0) is 47.7 Å². The molecular weight excluding hydrogens is 561 g/mol. The quantitative estimate of drug-likeness (QED) is 0.239. The van der Waals surface area contributed by atoms with E-state index < -0.39 is 42.4 Å². The minimum absolute atomic E-state index is 0.0286. The van der Waals surface area contributed by atoms with Crippen molar-refractivity contribution in [3.05, 3.63) is 46.8 Å². The van der Waals surface area contributed by atoms with E-state index in [0.717, 1.165) is 24.0 Å². The average molecular weight is 588 g/mol. The highest BCUT2D eigenvalue weighted by Gasteiger charge is 2.52. The van der Waals surface area contributed by atoms with Gasteiger partial charge in [-0.25, -0.2) is 9.37 Å². The van der Waals surface area contributed by atoms with E-state index >= 15 is 0 Å². The molecule has 2 unspecified atom stereocenters. The molecule has 2 saturated heterocycles. The number of anilines is 1. The van der Waals surface area contributed by atoms with Crippen molar-refractivity contribution in [2.45, 2.75) is 63.6 Å². The Morgan fingerprint density at radius 3 is 2.54 bits per heavy atom. The average Bonchev–Trinajstić information content (AvgIpc) is 3.55. The van der Waals surface area contributed by atoms with Crippen LogP contribution in [-0.4, -0.2) is 75.4 Å². The molecule has 0 N–H and O–H groups in total. The van der Waals surface area contributed by atoms with E-state index in [0.29, 0.717) is 30.1 Å². The highest BCUT2D eigenvalue weighted by Crippen LogP contribution is 2.48. The lowest BCUT2D eigenvalue weighted by Crippen LogP contribution is -2.58. The number of halogens is 2. The number of carbonyl (C=O) groups excluding carboxylic acids is 3. The molecular formula is C27H27ClFN5O7. The number of esters is 3. The summed E-state index contributed by atoms with van der Waals surface area (Å²) >= 11 is 6.38. The smallest absolute Gasteiger partial charge is 0.303 e. The molecule has 6 rings (SSSR count). The SMILES string of the molecule is CC(=O)OC[C@H]1O[C@@H](n2cnc3c(N4CC5(CCc6cc(F)ccc65)C4)nc(Cl)nc32)C(OC(C)=O)C1OC(C)=O. The maximum absolute atomic E-state index is 13.8. The molecule has 1 aromatic carbocycles. The maximum atomic E-state index is 13.8. The van der Waals surface area contributed by atoms with Crippen LogP contribution in [0.4, 0.5) is 10.2 Å². The summed E-state index contributed by atoms with van der Waals surface area (Å²) in [5.41, 5.74) is 2.83. The molecule has 0 amide bonds. The van der Waals surface area contributed by atoms with Crippen LogP contribution in [0.1, 0.15) is 44.5 Å². The van der Waals surface area contributed by atoms with Crippen LogP contribution in [0.3, 0.4) is 0 Å². The fourth-order valence-corrected chi connectivity index (χ4v) is 6.32. The minimum Gasteiger partial charge on any atom is -0.463 e. The van der Waals surface area contributed by atoms with Crippen LogP contribution in [0, 0.1) is 5.82 Å². The summed E-state index contributed by atoms with van der Waals surface area (Å²) < 4.78 is 37.6. The number of benzene rings is 1. The zero-order valence-corrected chi connectivity index (χ0v) is 23.3. The van der Waals surface area contributed by atoms with E-state index in [1.807, 2.05) is 6.07 Å². The number of aromatic nitrogens is 4. The number of hydrogen-bond acceptors (Lipinski definition) is 11. The van der Waals surface area contributed by atoms with Crippen molar-refractivity contribution in [2.24, 2.45) is 0 Å². The fourth-order valence-electron chi connectivity index (χ4n) is 6.16. The number of ether oxygens (including phenoxy) is 4. The third kappa shape index (κ3) is 4.86. The van der Waals surface area contributed by atoms with Crippen LogP contribution < -0.4 is 4.90 Å². The normalized spacial score (nSPS) is 24.3. The molecule has 2 aliphatic heterocycles. The van der Waals surface area contributed by atoms with Crippen molar-refractivity contribution in [2.75, 3.05) is 24.6 Å². The molecule has 1 spiro atoms. The Hall–Kier alpha value is -3.84. The second kappa shape index (κ2) is 10.2. The van der Waals surface area contributed by atoms with Gasteiger partial charge in [0.05, 0.1) is 6.33 Å². The molecule has 3 aromatic rings. The van der Waals surface area contributed by atoms with Gasteiger partial charge < -0.3 is 23.8 Å². The van der Waals surface area contributed by atoms with Crippen LogP contribution in [0.2, 0.25) is 5.28 Å². The predicted molar refractivity (Wildman–Crippen MR) is 141 cm³/mol. The van der Waals surface area contributed by atoms with Crippen LogP contribution in [0.15, 0.2) is 24.5 Å². The zero-order valence-electron chi connectivity index (χ0n) is 22.5. The van der Waals surface area contributed by atoms with E-state index in [4.69, 9.17) is 30.5 Å². The third-order valence-corrected chi connectivity index (χ3v) is 7.96. The number of rotatable bonds is 6. The number of fused-ring (bicyclic) bond motifs is 3. The molecule has 14 heteroatoms. The van der Waals surface area contributed by atoms with E-state index in [9.17, 15) is 18.8 Å². The van der Waals surface area contributed by atoms with Gasteiger partial charge in [-0.1, -0.05) is 6.07 Å². The summed E-state index contributed by atoms with van der Waals surface area (Å²) in [7, 11) is 0. The molecule has 1 aliphatic carbocycles. The summed E-state index contributed by atoms with van der Waals surface area (Å²) in [6.45, 7) is 4.73. The molecule has 12 nitrogen and oxygen atoms in total. The zero-order chi connectivity index (χ0) is 29.1. The first kappa shape index (κ1) is 27.3. The van der Waals surface area contributed by atoms with Gasteiger partial charge in [0.2, 0.25) is 5.28 Å². The van der Waals surface area contributed by atoms with Crippen molar-refractivity contribution in [1.82, 2.24) is 19.5 Å². The maximum Gasteiger partial charge on any atom is 0.303 e. The van der Waals surface area contributed by atoms with Gasteiger partial charge in [0.25, 0.3) is 0 Å². The largest absolute Gasteiger partial charge is 0.463 e. The molecule has 0 bridgehead atoms. The van der Waals surface area contributed by atoms with Crippen molar-refractivity contribution < 1.29 is 37.7 Å². The molecule has 41 heavy (non-hydrogen) atoms. The summed E-state index contributed by atoms with van der Waals surface area (Å²) in [6.07, 6.45) is -0.973. The third-order valence-electron chi connectivity index (χ3n) is 7.79. The van der Waals surface area contributed by atoms with Gasteiger partial charge in [0.15, 0.2) is 35.4 Å². The Balaban J connectivity index is 1.33. The van der Waals surface area contributed by atoms with Crippen LogP contribution in [0.5, 0.6) is 0 Å². The van der Waals surface area contributed by atoms with E-state index in [1.165, 1.54) is 37.7 Å². The van der Waals surface area contributed by atoms with Gasteiger partial charge in [-0.15, -0.1) is 0 Å². The topological polar surface area (TPSA) is 135 Å². The van der Waals surface area contributed by atoms with Gasteiger partial charge >= 0.3 is 17.9 Å². The summed E-state index contributed by atoms with van der Waals surface area (Å²) in [4.78, 5) is 50.9. The second-order valence-electron chi connectivity index (χ2n) is 10.6. The molecule has 3 aliphatic rings. The minimum atomic E-state index is -1.10. The van der Waals surface area contributed by atoms with Gasteiger partial charge in [-0.2, -0.15) is 9.97 Å². The number of carbonyl (C=O) groups is 3. The molecule has 4 atom stereocenters. The van der Waals surface area contributed by atoms with Crippen molar-refractivity contribution in [3.63, 3.8) is 0 Å². The number of hydrogen-bond donors (Lipinski definition) is 0. The number of imidazole rings is 1. The molecule has 2 aromatic heterocycles. The van der Waals surface area contributed by atoms with E-state index in [2.05, 4.69) is 19.9 Å². The molecule has 0 saturated carbocycles. The molecule has 4 heterocycles. The Kier molecular flexibility index (Phi) is 6.81. The Bertz CT molecular complexity index is 1560. The second-order valence-corrected chi connectivity index (χ2v) is 10.9. The lowest BCUT2D eigenvalue weighted by Gasteiger charge is -2.49. The first-order valence-electron chi connectivity index (χ1n) is 13.1. The van der Waals surface area contributed by atoms with Gasteiger partial charge in [0, 0.05) is 39.3 Å². The highest BCUT2D eigenvalue weighted by molar-refractivity contribution is 6.28. The highest BCUT2D eigenvalue weighted by atomic mass is 35.5. The molecule has 0 radical (unpaired) electrons. The fraction of sp³-hybridized carbons (Fsp3) is 0.481. The standard InChI is InChI=1S/C27H27ClFN5O7/c1-13(35)38-9-19-21(39-14(2)36)22(40-15(3)37)25(41-19)34-12-30-20-23(31-26(28)32-24(20)34)33-10-27(11-33)7-6-16-8-17(29)4-5-18(16)27/h4-5,8,12,19,21-22,25H,6-7,9-11H2,1-3H3/t19-,21?,22?,25-/m1/s1. The summed E-state index contributed by atoms with van der Waals surface area (Å²) in [5, 5.41) is -0.0286. The van der Waals surface area contributed by atoms with Crippen molar-refractivity contribution in [1.29, 1.82) is 0 Å². The van der Waals surface area contributed by atoms with E-state index in [1.54, 1.807) is 6.07 Å². The Morgan fingerprint density at radius 1 is 1.10 bits per heavy atom. The van der Waals surface area contributed by atoms with Crippen molar-refractivity contribution in [3.8, 4) is 0 Å². The number of aryl methyl sites for hydroxylation is 1. The lowest BCUT2D eigenvalue weighted by atomic mass is 9.75. The molecule has 2 fully saturated rings. The van der Waals surface area contributed by atoms with Crippen LogP contribution >= 0.6 is 11.6 Å². The van der Waals surface area contributed by atoms with Gasteiger partial charge in [-0.3, -0.25) is 19.0 Å². The van der Waals surface area contributed by atoms with E-state index in [-0.39, 0.29) is 23.1 Å². The summed E-state index contributed by atoms with van der Waals surface area (Å²) in [5.74, 6) is -1.53.